The minimum absolute atomic E-state index is 0.0677. The van der Waals surface area contributed by atoms with E-state index in [0.29, 0.717) is 18.8 Å². The van der Waals surface area contributed by atoms with Crippen LogP contribution in [-0.2, 0) is 9.53 Å². The zero-order valence-corrected chi connectivity index (χ0v) is 16.3. The minimum Gasteiger partial charge on any atom is -0.444 e. The van der Waals surface area contributed by atoms with Crippen LogP contribution in [0.1, 0.15) is 45.1 Å². The third kappa shape index (κ3) is 4.59. The van der Waals surface area contributed by atoms with Crippen molar-refractivity contribution in [3.05, 3.63) is 29.8 Å². The number of carbonyl (C=O) groups is 2. The van der Waals surface area contributed by atoms with Gasteiger partial charge in [-0.05, 0) is 44.9 Å². The fraction of sp³-hybridized carbons (Fsp3) is 0.600. The molecule has 3 rings (SSSR count). The van der Waals surface area contributed by atoms with Crippen molar-refractivity contribution in [3.63, 3.8) is 0 Å². The van der Waals surface area contributed by atoms with Gasteiger partial charge in [0.25, 0.3) is 0 Å². The third-order valence-corrected chi connectivity index (χ3v) is 5.10. The molecule has 2 fully saturated rings. The first-order valence-corrected chi connectivity index (χ1v) is 9.39. The Kier molecular flexibility index (Phi) is 5.34. The monoisotopic (exact) mass is 398 g/mol. The summed E-state index contributed by atoms with van der Waals surface area (Å²) in [5, 5.41) is 0. The Bertz CT molecular complexity index is 735. The van der Waals surface area contributed by atoms with Gasteiger partial charge in [0.05, 0.1) is 5.92 Å². The quantitative estimate of drug-likeness (QED) is 0.745. The second kappa shape index (κ2) is 7.29. The maximum absolute atomic E-state index is 12.8. The van der Waals surface area contributed by atoms with Crippen molar-refractivity contribution in [2.24, 2.45) is 5.92 Å². The number of nitrogens with zero attached hydrogens (tertiary/aromatic N) is 2. The molecule has 0 unspecified atom stereocenters. The topological polar surface area (TPSA) is 49.9 Å². The van der Waals surface area contributed by atoms with Crippen LogP contribution >= 0.6 is 0 Å². The van der Waals surface area contributed by atoms with E-state index >= 15 is 0 Å². The predicted molar refractivity (Wildman–Crippen MR) is 98.1 cm³/mol. The van der Waals surface area contributed by atoms with Crippen molar-refractivity contribution in [1.82, 2.24) is 4.90 Å². The Balaban J connectivity index is 1.55. The number of amides is 2. The van der Waals surface area contributed by atoms with Crippen molar-refractivity contribution >= 4 is 17.7 Å². The lowest BCUT2D eigenvalue weighted by Gasteiger charge is -2.40. The lowest BCUT2D eigenvalue weighted by molar-refractivity contribution is -0.182. The van der Waals surface area contributed by atoms with E-state index in [0.717, 1.165) is 5.56 Å². The highest BCUT2D eigenvalue weighted by atomic mass is 19.4. The minimum atomic E-state index is -4.32. The van der Waals surface area contributed by atoms with Crippen LogP contribution in [0.4, 0.5) is 23.7 Å². The van der Waals surface area contributed by atoms with E-state index in [1.165, 1.54) is 4.90 Å². The van der Waals surface area contributed by atoms with Crippen molar-refractivity contribution in [2.75, 3.05) is 24.5 Å². The fourth-order valence-electron chi connectivity index (χ4n) is 3.48. The molecule has 0 saturated carbocycles. The summed E-state index contributed by atoms with van der Waals surface area (Å²) in [7, 11) is 0. The van der Waals surface area contributed by atoms with Gasteiger partial charge in [0.1, 0.15) is 5.60 Å². The van der Waals surface area contributed by atoms with Gasteiger partial charge in [-0.2, -0.15) is 13.2 Å². The normalized spacial score (nSPS) is 21.5. The average Bonchev–Trinajstić information content (AvgIpc) is 2.51. The molecular weight excluding hydrogens is 373 g/mol. The number of halogens is 3. The van der Waals surface area contributed by atoms with Crippen LogP contribution < -0.4 is 4.90 Å². The molecule has 0 aromatic heterocycles. The van der Waals surface area contributed by atoms with E-state index in [2.05, 4.69) is 0 Å². The smallest absolute Gasteiger partial charge is 0.410 e. The molecule has 1 atom stereocenters. The Morgan fingerprint density at radius 1 is 1.11 bits per heavy atom. The van der Waals surface area contributed by atoms with Crippen molar-refractivity contribution in [3.8, 4) is 0 Å². The second-order valence-corrected chi connectivity index (χ2v) is 8.45. The lowest BCUT2D eigenvalue weighted by atomic mass is 9.91. The number of ether oxygens (including phenoxy) is 1. The molecule has 2 aliphatic heterocycles. The molecule has 154 valence electrons. The number of rotatable bonds is 2. The molecule has 1 aromatic rings. The highest BCUT2D eigenvalue weighted by Crippen LogP contribution is 2.36. The number of anilines is 1. The van der Waals surface area contributed by atoms with Gasteiger partial charge < -0.3 is 14.5 Å². The first kappa shape index (κ1) is 20.5. The maximum Gasteiger partial charge on any atom is 0.410 e. The van der Waals surface area contributed by atoms with E-state index < -0.39 is 30.0 Å². The van der Waals surface area contributed by atoms with E-state index in [4.69, 9.17) is 4.74 Å². The van der Waals surface area contributed by atoms with Crippen LogP contribution in [0.3, 0.4) is 0 Å². The van der Waals surface area contributed by atoms with E-state index in [-0.39, 0.29) is 25.0 Å². The van der Waals surface area contributed by atoms with Crippen LogP contribution in [0.2, 0.25) is 0 Å². The number of carbonyl (C=O) groups excluding carboxylic acids is 2. The van der Waals surface area contributed by atoms with Crippen LogP contribution in [0.15, 0.2) is 24.3 Å². The molecule has 8 heteroatoms. The summed E-state index contributed by atoms with van der Waals surface area (Å²) in [5.41, 5.74) is 1.11. The molecule has 1 aromatic carbocycles. The summed E-state index contributed by atoms with van der Waals surface area (Å²) in [4.78, 5) is 27.2. The van der Waals surface area contributed by atoms with Gasteiger partial charge in [-0.15, -0.1) is 0 Å². The van der Waals surface area contributed by atoms with Crippen molar-refractivity contribution < 1.29 is 27.5 Å². The summed E-state index contributed by atoms with van der Waals surface area (Å²) < 4.78 is 43.7. The van der Waals surface area contributed by atoms with Gasteiger partial charge in [-0.1, -0.05) is 12.1 Å². The number of alkyl halides is 3. The summed E-state index contributed by atoms with van der Waals surface area (Å²) >= 11 is 0. The molecule has 0 N–H and O–H groups in total. The average molecular weight is 398 g/mol. The van der Waals surface area contributed by atoms with Gasteiger partial charge in [-0.3, -0.25) is 4.79 Å². The van der Waals surface area contributed by atoms with Gasteiger partial charge in [0, 0.05) is 37.7 Å². The molecular formula is C20H25F3N2O3. The van der Waals surface area contributed by atoms with E-state index in [1.54, 1.807) is 17.0 Å². The van der Waals surface area contributed by atoms with Crippen LogP contribution in [-0.4, -0.2) is 48.3 Å². The summed E-state index contributed by atoms with van der Waals surface area (Å²) in [6, 6.07) is 7.26. The summed E-state index contributed by atoms with van der Waals surface area (Å²) in [6.45, 7) is 6.64. The van der Waals surface area contributed by atoms with Crippen LogP contribution in [0, 0.1) is 5.92 Å². The zero-order chi connectivity index (χ0) is 20.7. The van der Waals surface area contributed by atoms with Gasteiger partial charge >= 0.3 is 12.3 Å². The van der Waals surface area contributed by atoms with Crippen LogP contribution in [0.5, 0.6) is 0 Å². The van der Waals surface area contributed by atoms with E-state index in [1.807, 2.05) is 32.9 Å². The van der Waals surface area contributed by atoms with Crippen LogP contribution in [0.25, 0.3) is 0 Å². The van der Waals surface area contributed by atoms with Crippen molar-refractivity contribution in [2.45, 2.75) is 51.3 Å². The fourth-order valence-corrected chi connectivity index (χ4v) is 3.48. The Morgan fingerprint density at radius 3 is 2.21 bits per heavy atom. The molecule has 2 saturated heterocycles. The Labute approximate surface area is 162 Å². The molecule has 2 aliphatic rings. The third-order valence-electron chi connectivity index (χ3n) is 5.10. The zero-order valence-electron chi connectivity index (χ0n) is 16.3. The Morgan fingerprint density at radius 2 is 1.71 bits per heavy atom. The van der Waals surface area contributed by atoms with Crippen molar-refractivity contribution in [1.29, 1.82) is 0 Å². The molecule has 0 spiro atoms. The molecule has 0 aliphatic carbocycles. The summed E-state index contributed by atoms with van der Waals surface area (Å²) in [6.07, 6.45) is -5.24. The lowest BCUT2D eigenvalue weighted by Crippen LogP contribution is -2.50. The largest absolute Gasteiger partial charge is 0.444 e. The van der Waals surface area contributed by atoms with Gasteiger partial charge in [-0.25, -0.2) is 4.79 Å². The van der Waals surface area contributed by atoms with E-state index in [9.17, 15) is 22.8 Å². The SMILES string of the molecule is CC(C)(C)OC(=O)N1CC(c2ccc(N3CC[C@H](C(F)(F)F)CC3=O)cc2)C1. The van der Waals surface area contributed by atoms with Gasteiger partial charge in [0.15, 0.2) is 0 Å². The molecule has 0 bridgehead atoms. The number of hydrogen-bond acceptors (Lipinski definition) is 3. The second-order valence-electron chi connectivity index (χ2n) is 8.45. The standard InChI is InChI=1S/C20H25F3N2O3/c1-19(2,3)28-18(27)24-11-14(12-24)13-4-6-16(7-5-13)25-9-8-15(10-17(25)26)20(21,22)23/h4-7,14-15H,8-12H2,1-3H3/t15-/m0/s1. The predicted octanol–water partition coefficient (Wildman–Crippen LogP) is 4.33. The highest BCUT2D eigenvalue weighted by Gasteiger charge is 2.44. The first-order valence-electron chi connectivity index (χ1n) is 9.39. The summed E-state index contributed by atoms with van der Waals surface area (Å²) in [5.74, 6) is -1.86. The molecule has 5 nitrogen and oxygen atoms in total. The molecule has 2 heterocycles. The maximum atomic E-state index is 12.8. The van der Waals surface area contributed by atoms with Gasteiger partial charge in [0.2, 0.25) is 5.91 Å². The first-order chi connectivity index (χ1) is 12.9. The highest BCUT2D eigenvalue weighted by molar-refractivity contribution is 5.94. The number of benzene rings is 1. The number of likely N-dealkylation sites (tertiary alicyclic amines) is 1. The molecule has 28 heavy (non-hydrogen) atoms. The number of hydrogen-bond donors (Lipinski definition) is 0. The molecule has 2 amide bonds. The molecule has 0 radical (unpaired) electrons. The Hall–Kier alpha value is -2.25. The number of piperidine rings is 1.